The first-order valence-electron chi connectivity index (χ1n) is 7.18. The lowest BCUT2D eigenvalue weighted by Gasteiger charge is -2.44. The van der Waals surface area contributed by atoms with Gasteiger partial charge in [-0.15, -0.1) is 0 Å². The lowest BCUT2D eigenvalue weighted by atomic mass is 9.77. The van der Waals surface area contributed by atoms with Gasteiger partial charge in [0.1, 0.15) is 0 Å². The summed E-state index contributed by atoms with van der Waals surface area (Å²) in [6.45, 7) is 12.4. The molecule has 2 saturated heterocycles. The normalized spacial score (nSPS) is 34.8. The smallest absolute Gasteiger partial charge is 0.0622 e. The van der Waals surface area contributed by atoms with Gasteiger partial charge >= 0.3 is 0 Å². The molecule has 0 amide bonds. The second kappa shape index (κ2) is 5.68. The second-order valence-corrected chi connectivity index (χ2v) is 6.23. The van der Waals surface area contributed by atoms with Crippen molar-refractivity contribution >= 4 is 0 Å². The third-order valence-corrected chi connectivity index (χ3v) is 4.57. The number of hydrogen-bond acceptors (Lipinski definition) is 3. The van der Waals surface area contributed by atoms with Gasteiger partial charge in [0, 0.05) is 25.2 Å². The van der Waals surface area contributed by atoms with Crippen molar-refractivity contribution in [1.29, 1.82) is 0 Å². The highest BCUT2D eigenvalue weighted by atomic mass is 16.5. The van der Waals surface area contributed by atoms with Gasteiger partial charge in [-0.05, 0) is 31.2 Å². The van der Waals surface area contributed by atoms with Crippen LogP contribution in [-0.4, -0.2) is 49.8 Å². The highest BCUT2D eigenvalue weighted by molar-refractivity contribution is 4.91. The zero-order chi connectivity index (χ0) is 12.3. The van der Waals surface area contributed by atoms with E-state index in [-0.39, 0.29) is 0 Å². The minimum absolute atomic E-state index is 0.439. The van der Waals surface area contributed by atoms with Crippen LogP contribution in [0.4, 0.5) is 0 Å². The van der Waals surface area contributed by atoms with Gasteiger partial charge in [0.2, 0.25) is 0 Å². The molecule has 100 valence electrons. The van der Waals surface area contributed by atoms with E-state index in [4.69, 9.17) is 4.74 Å². The molecule has 0 bridgehead atoms. The van der Waals surface area contributed by atoms with Crippen molar-refractivity contribution in [2.45, 2.75) is 52.1 Å². The summed E-state index contributed by atoms with van der Waals surface area (Å²) in [5.74, 6) is 0. The molecule has 1 N–H and O–H groups in total. The fraction of sp³-hybridized carbons (Fsp3) is 1.00. The fourth-order valence-electron chi connectivity index (χ4n) is 3.12. The van der Waals surface area contributed by atoms with Gasteiger partial charge in [-0.3, -0.25) is 4.90 Å². The van der Waals surface area contributed by atoms with Crippen LogP contribution in [0.25, 0.3) is 0 Å². The van der Waals surface area contributed by atoms with E-state index in [1.54, 1.807) is 0 Å². The summed E-state index contributed by atoms with van der Waals surface area (Å²) in [7, 11) is 0. The summed E-state index contributed by atoms with van der Waals surface area (Å²) < 4.78 is 5.58. The Hall–Kier alpha value is -0.120. The average molecular weight is 240 g/mol. The number of morpholine rings is 1. The van der Waals surface area contributed by atoms with Crippen molar-refractivity contribution in [1.82, 2.24) is 10.2 Å². The first kappa shape index (κ1) is 13.3. The van der Waals surface area contributed by atoms with E-state index in [2.05, 4.69) is 31.0 Å². The maximum atomic E-state index is 5.58. The molecular weight excluding hydrogens is 212 g/mol. The van der Waals surface area contributed by atoms with Crippen LogP contribution in [0.2, 0.25) is 0 Å². The van der Waals surface area contributed by atoms with Crippen molar-refractivity contribution in [3.05, 3.63) is 0 Å². The molecule has 2 aliphatic rings. The number of nitrogens with zero attached hydrogens (tertiary/aromatic N) is 1. The molecule has 0 saturated carbocycles. The molecule has 2 fully saturated rings. The Morgan fingerprint density at radius 2 is 2.24 bits per heavy atom. The molecule has 17 heavy (non-hydrogen) atoms. The van der Waals surface area contributed by atoms with Gasteiger partial charge in [-0.2, -0.15) is 0 Å². The van der Waals surface area contributed by atoms with E-state index >= 15 is 0 Å². The first-order chi connectivity index (χ1) is 8.13. The van der Waals surface area contributed by atoms with Crippen LogP contribution in [0, 0.1) is 5.41 Å². The van der Waals surface area contributed by atoms with Crippen LogP contribution in [0.3, 0.4) is 0 Å². The molecule has 0 aliphatic carbocycles. The molecule has 2 unspecified atom stereocenters. The van der Waals surface area contributed by atoms with Crippen LogP contribution >= 0.6 is 0 Å². The summed E-state index contributed by atoms with van der Waals surface area (Å²) in [6, 6.07) is 1.27. The van der Waals surface area contributed by atoms with E-state index in [0.29, 0.717) is 17.5 Å². The molecule has 0 aromatic heterocycles. The van der Waals surface area contributed by atoms with E-state index in [1.807, 2.05) is 0 Å². The highest BCUT2D eigenvalue weighted by Crippen LogP contribution is 2.31. The Morgan fingerprint density at radius 1 is 1.41 bits per heavy atom. The van der Waals surface area contributed by atoms with Gasteiger partial charge in [0.05, 0.1) is 13.2 Å². The third-order valence-electron chi connectivity index (χ3n) is 4.57. The average Bonchev–Trinajstić information content (AvgIpc) is 2.32. The summed E-state index contributed by atoms with van der Waals surface area (Å²) >= 11 is 0. The summed E-state index contributed by atoms with van der Waals surface area (Å²) in [5.41, 5.74) is 0.439. The predicted octanol–water partition coefficient (Wildman–Crippen LogP) is 1.88. The Morgan fingerprint density at radius 3 is 2.94 bits per heavy atom. The molecule has 0 radical (unpaired) electrons. The van der Waals surface area contributed by atoms with Crippen molar-refractivity contribution in [3.8, 4) is 0 Å². The number of hydrogen-bond donors (Lipinski definition) is 1. The number of ether oxygens (including phenoxy) is 1. The summed E-state index contributed by atoms with van der Waals surface area (Å²) in [6.07, 6.45) is 3.88. The highest BCUT2D eigenvalue weighted by Gasteiger charge is 2.34. The number of nitrogens with one attached hydrogen (secondary N) is 1. The Balaban J connectivity index is 1.93. The van der Waals surface area contributed by atoms with E-state index in [0.717, 1.165) is 19.8 Å². The molecule has 0 spiro atoms. The molecule has 3 nitrogen and oxygen atoms in total. The largest absolute Gasteiger partial charge is 0.378 e. The van der Waals surface area contributed by atoms with Crippen LogP contribution in [0.5, 0.6) is 0 Å². The lowest BCUT2D eigenvalue weighted by molar-refractivity contribution is -0.0221. The zero-order valence-electron chi connectivity index (χ0n) is 11.7. The number of piperidine rings is 1. The molecule has 2 rings (SSSR count). The van der Waals surface area contributed by atoms with E-state index in [1.165, 1.54) is 32.4 Å². The Bertz CT molecular complexity index is 242. The molecular formula is C14H28N2O. The van der Waals surface area contributed by atoms with Crippen LogP contribution in [0.1, 0.15) is 40.0 Å². The van der Waals surface area contributed by atoms with Gasteiger partial charge in [-0.1, -0.05) is 20.8 Å². The van der Waals surface area contributed by atoms with Gasteiger partial charge < -0.3 is 10.1 Å². The fourth-order valence-corrected chi connectivity index (χ4v) is 3.12. The van der Waals surface area contributed by atoms with Crippen LogP contribution < -0.4 is 5.32 Å². The van der Waals surface area contributed by atoms with Crippen molar-refractivity contribution in [2.75, 3.05) is 32.8 Å². The Kier molecular flexibility index (Phi) is 4.45. The minimum atomic E-state index is 0.439. The molecule has 0 aromatic carbocycles. The number of rotatable bonds is 3. The molecule has 2 atom stereocenters. The van der Waals surface area contributed by atoms with E-state index < -0.39 is 0 Å². The molecule has 3 heteroatoms. The van der Waals surface area contributed by atoms with Crippen molar-refractivity contribution in [2.24, 2.45) is 5.41 Å². The predicted molar refractivity (Wildman–Crippen MR) is 71.3 cm³/mol. The van der Waals surface area contributed by atoms with Gasteiger partial charge in [0.15, 0.2) is 0 Å². The monoisotopic (exact) mass is 240 g/mol. The summed E-state index contributed by atoms with van der Waals surface area (Å²) in [5, 5.41) is 3.72. The van der Waals surface area contributed by atoms with Crippen LogP contribution in [0.15, 0.2) is 0 Å². The zero-order valence-corrected chi connectivity index (χ0v) is 11.7. The summed E-state index contributed by atoms with van der Waals surface area (Å²) in [4.78, 5) is 2.63. The maximum Gasteiger partial charge on any atom is 0.0622 e. The second-order valence-electron chi connectivity index (χ2n) is 6.23. The van der Waals surface area contributed by atoms with Crippen LogP contribution in [-0.2, 0) is 4.74 Å². The minimum Gasteiger partial charge on any atom is -0.378 e. The quantitative estimate of drug-likeness (QED) is 0.815. The van der Waals surface area contributed by atoms with Gasteiger partial charge in [0.25, 0.3) is 0 Å². The van der Waals surface area contributed by atoms with Crippen molar-refractivity contribution < 1.29 is 4.74 Å². The van der Waals surface area contributed by atoms with Gasteiger partial charge in [-0.25, -0.2) is 0 Å². The molecule has 0 aromatic rings. The topological polar surface area (TPSA) is 24.5 Å². The Labute approximate surface area is 106 Å². The SMILES string of the molecule is CCC1COCCN1CC1NCCCC1(C)C. The maximum absolute atomic E-state index is 5.58. The standard InChI is InChI=1S/C14H28N2O/c1-4-12-11-17-9-8-16(12)10-13-14(2,3)6-5-7-15-13/h12-13,15H,4-11H2,1-3H3. The molecule has 2 heterocycles. The first-order valence-corrected chi connectivity index (χ1v) is 7.18. The van der Waals surface area contributed by atoms with Crippen molar-refractivity contribution in [3.63, 3.8) is 0 Å². The van der Waals surface area contributed by atoms with E-state index in [9.17, 15) is 0 Å². The lowest BCUT2D eigenvalue weighted by Crippen LogP contribution is -2.56. The molecule has 2 aliphatic heterocycles. The third kappa shape index (κ3) is 3.21.